The van der Waals surface area contributed by atoms with Crippen LogP contribution < -0.4 is 19.3 Å². The Bertz CT molecular complexity index is 1150. The summed E-state index contributed by atoms with van der Waals surface area (Å²) in [6.07, 6.45) is 6.19. The summed E-state index contributed by atoms with van der Waals surface area (Å²) in [6, 6.07) is 11.5. The van der Waals surface area contributed by atoms with Crippen molar-refractivity contribution in [2.75, 3.05) is 37.0 Å². The number of amides is 1. The van der Waals surface area contributed by atoms with Crippen molar-refractivity contribution in [3.05, 3.63) is 42.2 Å². The third-order valence-electron chi connectivity index (χ3n) is 7.08. The third-order valence-corrected chi connectivity index (χ3v) is 7.44. The van der Waals surface area contributed by atoms with Crippen molar-refractivity contribution in [3.63, 3.8) is 0 Å². The molecule has 1 aromatic carbocycles. The zero-order valence-electron chi connectivity index (χ0n) is 19.4. The summed E-state index contributed by atoms with van der Waals surface area (Å²) in [6.45, 7) is 2.08. The van der Waals surface area contributed by atoms with E-state index < -0.39 is 5.54 Å². The van der Waals surface area contributed by atoms with Crippen LogP contribution in [0, 0.1) is 11.3 Å². The van der Waals surface area contributed by atoms with Crippen molar-refractivity contribution in [2.24, 2.45) is 0 Å². The number of likely N-dealkylation sites (tertiary alicyclic amines) is 1. The SMILES string of the molecule is COc1cc(N2C(=O)C3(CCC3)N(c3ccc(OC4CCN(C)CC4)cc3)C2=S)cnc1C#N. The zero-order valence-corrected chi connectivity index (χ0v) is 20.2. The Morgan fingerprint density at radius 1 is 1.18 bits per heavy atom. The van der Waals surface area contributed by atoms with Gasteiger partial charge < -0.3 is 19.3 Å². The molecule has 3 heterocycles. The van der Waals surface area contributed by atoms with Crippen molar-refractivity contribution in [3.8, 4) is 17.6 Å². The number of nitriles is 1. The molecule has 1 aromatic heterocycles. The second-order valence-corrected chi connectivity index (χ2v) is 9.48. The van der Waals surface area contributed by atoms with Gasteiger partial charge in [0.1, 0.15) is 23.5 Å². The van der Waals surface area contributed by atoms with Crippen molar-refractivity contribution < 1.29 is 14.3 Å². The van der Waals surface area contributed by atoms with E-state index in [0.717, 1.165) is 56.6 Å². The van der Waals surface area contributed by atoms with Gasteiger partial charge in [-0.3, -0.25) is 9.69 Å². The van der Waals surface area contributed by atoms with E-state index in [0.29, 0.717) is 16.5 Å². The van der Waals surface area contributed by atoms with Crippen LogP contribution in [0.4, 0.5) is 11.4 Å². The maximum absolute atomic E-state index is 13.6. The van der Waals surface area contributed by atoms with Crippen LogP contribution in [0.1, 0.15) is 37.8 Å². The Labute approximate surface area is 204 Å². The molecule has 3 aliphatic rings. The maximum atomic E-state index is 13.6. The molecule has 1 amide bonds. The van der Waals surface area contributed by atoms with Crippen molar-refractivity contribution in [1.29, 1.82) is 5.26 Å². The molecule has 2 aromatic rings. The van der Waals surface area contributed by atoms with E-state index in [1.807, 2.05) is 35.2 Å². The quantitative estimate of drug-likeness (QED) is 0.606. The monoisotopic (exact) mass is 477 g/mol. The van der Waals surface area contributed by atoms with E-state index in [1.54, 1.807) is 6.07 Å². The van der Waals surface area contributed by atoms with Crippen LogP contribution >= 0.6 is 12.2 Å². The second kappa shape index (κ2) is 8.85. The van der Waals surface area contributed by atoms with Gasteiger partial charge in [-0.05, 0) is 75.6 Å². The fourth-order valence-electron chi connectivity index (χ4n) is 4.97. The van der Waals surface area contributed by atoms with Gasteiger partial charge >= 0.3 is 0 Å². The zero-order chi connectivity index (χ0) is 23.9. The average molecular weight is 478 g/mol. The number of carbonyl (C=O) groups excluding carboxylic acids is 1. The minimum atomic E-state index is -0.686. The average Bonchev–Trinajstić information content (AvgIpc) is 3.07. The van der Waals surface area contributed by atoms with Crippen LogP contribution in [0.5, 0.6) is 11.5 Å². The van der Waals surface area contributed by atoms with Gasteiger partial charge in [-0.2, -0.15) is 5.26 Å². The molecule has 0 atom stereocenters. The number of benzene rings is 1. The predicted molar refractivity (Wildman–Crippen MR) is 132 cm³/mol. The largest absolute Gasteiger partial charge is 0.494 e. The molecule has 1 spiro atoms. The molecule has 2 saturated heterocycles. The normalized spacial score (nSPS) is 20.4. The van der Waals surface area contributed by atoms with Crippen molar-refractivity contribution in [2.45, 2.75) is 43.7 Å². The van der Waals surface area contributed by atoms with Crippen LogP contribution in [-0.4, -0.2) is 59.8 Å². The Hall–Kier alpha value is -3.22. The minimum absolute atomic E-state index is 0.0658. The third kappa shape index (κ3) is 3.67. The molecule has 176 valence electrons. The van der Waals surface area contributed by atoms with E-state index in [1.165, 1.54) is 18.2 Å². The topological polar surface area (TPSA) is 81.9 Å². The molecule has 3 fully saturated rings. The number of pyridine rings is 1. The first-order valence-electron chi connectivity index (χ1n) is 11.5. The highest BCUT2D eigenvalue weighted by Gasteiger charge is 2.59. The van der Waals surface area contributed by atoms with E-state index >= 15 is 0 Å². The molecular weight excluding hydrogens is 450 g/mol. The first-order chi connectivity index (χ1) is 16.5. The molecule has 1 aliphatic carbocycles. The lowest BCUT2D eigenvalue weighted by atomic mass is 9.75. The summed E-state index contributed by atoms with van der Waals surface area (Å²) in [5, 5.41) is 9.65. The highest BCUT2D eigenvalue weighted by Crippen LogP contribution is 2.48. The number of hydrogen-bond acceptors (Lipinski definition) is 7. The molecule has 34 heavy (non-hydrogen) atoms. The lowest BCUT2D eigenvalue weighted by Crippen LogP contribution is -2.55. The fourth-order valence-corrected chi connectivity index (χ4v) is 5.44. The standard InChI is InChI=1S/C25H27N5O3S/c1-28-12-8-20(9-13-28)33-19-6-4-17(5-7-19)30-24(34)29(23(31)25(30)10-3-11-25)18-14-22(32-2)21(15-26)27-16-18/h4-7,14,16,20H,3,8-13H2,1-2H3. The molecule has 0 unspecified atom stereocenters. The fraction of sp³-hybridized carbons (Fsp3) is 0.440. The number of anilines is 2. The molecule has 0 bridgehead atoms. The van der Waals surface area contributed by atoms with Crippen LogP contribution in [0.25, 0.3) is 0 Å². The number of rotatable bonds is 5. The van der Waals surface area contributed by atoms with E-state index in [-0.39, 0.29) is 17.7 Å². The van der Waals surface area contributed by atoms with Gasteiger partial charge in [0.2, 0.25) is 0 Å². The number of hydrogen-bond donors (Lipinski definition) is 0. The van der Waals surface area contributed by atoms with E-state index in [2.05, 4.69) is 16.9 Å². The number of ether oxygens (including phenoxy) is 2. The molecule has 8 nitrogen and oxygen atoms in total. The molecule has 9 heteroatoms. The molecule has 1 saturated carbocycles. The minimum Gasteiger partial charge on any atom is -0.494 e. The highest BCUT2D eigenvalue weighted by atomic mass is 32.1. The molecular formula is C25H27N5O3S. The number of piperidine rings is 1. The van der Waals surface area contributed by atoms with Gasteiger partial charge in [-0.1, -0.05) is 0 Å². The Morgan fingerprint density at radius 2 is 1.88 bits per heavy atom. The van der Waals surface area contributed by atoms with Crippen molar-refractivity contribution >= 4 is 34.6 Å². The predicted octanol–water partition coefficient (Wildman–Crippen LogP) is 3.50. The van der Waals surface area contributed by atoms with Gasteiger partial charge in [-0.25, -0.2) is 4.98 Å². The maximum Gasteiger partial charge on any atom is 0.259 e. The van der Waals surface area contributed by atoms with Gasteiger partial charge in [-0.15, -0.1) is 0 Å². The summed E-state index contributed by atoms with van der Waals surface area (Å²) in [7, 11) is 3.61. The molecule has 0 radical (unpaired) electrons. The van der Waals surface area contributed by atoms with Crippen LogP contribution in [0.15, 0.2) is 36.5 Å². The summed E-state index contributed by atoms with van der Waals surface area (Å²) >= 11 is 5.83. The lowest BCUT2D eigenvalue weighted by molar-refractivity contribution is -0.123. The van der Waals surface area contributed by atoms with Gasteiger partial charge in [0.05, 0.1) is 19.0 Å². The van der Waals surface area contributed by atoms with Crippen LogP contribution in [0.2, 0.25) is 0 Å². The number of thiocarbonyl (C=S) groups is 1. The summed E-state index contributed by atoms with van der Waals surface area (Å²) in [5.41, 5.74) is 0.847. The van der Waals surface area contributed by atoms with Crippen LogP contribution in [0.3, 0.4) is 0 Å². The highest BCUT2D eigenvalue weighted by molar-refractivity contribution is 7.81. The summed E-state index contributed by atoms with van der Waals surface area (Å²) in [4.78, 5) is 23.6. The van der Waals surface area contributed by atoms with Crippen LogP contribution in [-0.2, 0) is 4.79 Å². The van der Waals surface area contributed by atoms with Crippen molar-refractivity contribution in [1.82, 2.24) is 9.88 Å². The number of aromatic nitrogens is 1. The smallest absolute Gasteiger partial charge is 0.259 e. The Kier molecular flexibility index (Phi) is 5.88. The van der Waals surface area contributed by atoms with Gasteiger partial charge in [0, 0.05) is 24.8 Å². The number of nitrogens with zero attached hydrogens (tertiary/aromatic N) is 5. The first-order valence-corrected chi connectivity index (χ1v) is 12.0. The molecule has 0 N–H and O–H groups in total. The Morgan fingerprint density at radius 3 is 2.47 bits per heavy atom. The van der Waals surface area contributed by atoms with Gasteiger partial charge in [0.25, 0.3) is 5.91 Å². The lowest BCUT2D eigenvalue weighted by Gasteiger charge is -2.43. The number of methoxy groups -OCH3 is 1. The number of carbonyl (C=O) groups is 1. The second-order valence-electron chi connectivity index (χ2n) is 9.11. The molecule has 5 rings (SSSR count). The summed E-state index contributed by atoms with van der Waals surface area (Å²) in [5.74, 6) is 1.08. The van der Waals surface area contributed by atoms with E-state index in [9.17, 15) is 10.1 Å². The first kappa shape index (κ1) is 22.6. The van der Waals surface area contributed by atoms with Gasteiger partial charge in [0.15, 0.2) is 16.6 Å². The molecule has 2 aliphatic heterocycles. The van der Waals surface area contributed by atoms with E-state index in [4.69, 9.17) is 21.7 Å². The Balaban J connectivity index is 1.41. The summed E-state index contributed by atoms with van der Waals surface area (Å²) < 4.78 is 11.5.